The lowest BCUT2D eigenvalue weighted by atomic mass is 10.1. The van der Waals surface area contributed by atoms with E-state index in [-0.39, 0.29) is 12.2 Å². The number of phenols is 1. The van der Waals surface area contributed by atoms with Crippen molar-refractivity contribution in [1.29, 1.82) is 0 Å². The van der Waals surface area contributed by atoms with Crippen LogP contribution in [0.3, 0.4) is 0 Å². The van der Waals surface area contributed by atoms with Gasteiger partial charge in [0.15, 0.2) is 0 Å². The lowest BCUT2D eigenvalue weighted by molar-refractivity contribution is -0.148. The summed E-state index contributed by atoms with van der Waals surface area (Å²) in [6, 6.07) is 7.67. The molecule has 0 unspecified atom stereocenters. The topological polar surface area (TPSA) is 103 Å². The zero-order valence-electron chi connectivity index (χ0n) is 9.41. The second kappa shape index (κ2) is 6.85. The third-order valence-corrected chi connectivity index (χ3v) is 1.95. The van der Waals surface area contributed by atoms with Crippen molar-refractivity contribution in [3.8, 4) is 5.75 Å². The molecule has 0 aliphatic carbocycles. The highest BCUT2D eigenvalue weighted by Gasteiger charge is 2.11. The number of ketones is 1. The zero-order chi connectivity index (χ0) is 13.4. The van der Waals surface area contributed by atoms with Gasteiger partial charge in [0.25, 0.3) is 0 Å². The molecule has 2 rings (SSSR count). The standard InChI is InChI=1S/C9H8O4.C3H4N2/c10-7-3-1-6(2-4-7)5-8(11)9(12)13;1-2-4-5-3-1/h1-4,10H,5H2,(H,12,13);1-3H,(H,4,5). The maximum atomic E-state index is 10.7. The van der Waals surface area contributed by atoms with Crippen molar-refractivity contribution in [2.75, 3.05) is 0 Å². The third kappa shape index (κ3) is 4.93. The largest absolute Gasteiger partial charge is 0.508 e. The summed E-state index contributed by atoms with van der Waals surface area (Å²) in [7, 11) is 0. The number of hydrogen-bond acceptors (Lipinski definition) is 4. The second-order valence-corrected chi connectivity index (χ2v) is 3.34. The number of nitrogens with one attached hydrogen (secondary N) is 1. The van der Waals surface area contributed by atoms with E-state index in [1.807, 2.05) is 6.07 Å². The van der Waals surface area contributed by atoms with Crippen molar-refractivity contribution in [2.45, 2.75) is 6.42 Å². The first-order valence-corrected chi connectivity index (χ1v) is 5.07. The number of aliphatic carboxylic acids is 1. The highest BCUT2D eigenvalue weighted by Crippen LogP contribution is 2.10. The Morgan fingerprint density at radius 1 is 1.22 bits per heavy atom. The van der Waals surface area contributed by atoms with E-state index >= 15 is 0 Å². The number of hydrogen-bond donors (Lipinski definition) is 3. The normalized spacial score (nSPS) is 9.11. The summed E-state index contributed by atoms with van der Waals surface area (Å²) in [5.74, 6) is -2.20. The number of carbonyl (C=O) groups excluding carboxylic acids is 1. The number of nitrogens with zero attached hydrogens (tertiary/aromatic N) is 1. The van der Waals surface area contributed by atoms with Gasteiger partial charge in [0.05, 0.1) is 0 Å². The summed E-state index contributed by atoms with van der Waals surface area (Å²) in [6.07, 6.45) is 3.32. The zero-order valence-corrected chi connectivity index (χ0v) is 9.41. The Balaban J connectivity index is 0.000000269. The van der Waals surface area contributed by atoms with Gasteiger partial charge in [-0.25, -0.2) is 4.79 Å². The van der Waals surface area contributed by atoms with Crippen LogP contribution < -0.4 is 0 Å². The van der Waals surface area contributed by atoms with Gasteiger partial charge < -0.3 is 10.2 Å². The predicted molar refractivity (Wildman–Crippen MR) is 63.0 cm³/mol. The van der Waals surface area contributed by atoms with Gasteiger partial charge in [-0.3, -0.25) is 9.89 Å². The fourth-order valence-electron chi connectivity index (χ4n) is 1.09. The van der Waals surface area contributed by atoms with E-state index < -0.39 is 11.8 Å². The Hall–Kier alpha value is -2.63. The molecule has 18 heavy (non-hydrogen) atoms. The fourth-order valence-corrected chi connectivity index (χ4v) is 1.09. The molecule has 0 atom stereocenters. The molecule has 1 heterocycles. The minimum absolute atomic E-state index is 0.0894. The summed E-state index contributed by atoms with van der Waals surface area (Å²) < 4.78 is 0. The summed E-state index contributed by atoms with van der Waals surface area (Å²) in [5.41, 5.74) is 0.574. The van der Waals surface area contributed by atoms with Crippen molar-refractivity contribution in [3.63, 3.8) is 0 Å². The molecular formula is C12H12N2O4. The van der Waals surface area contributed by atoms with Crippen molar-refractivity contribution in [3.05, 3.63) is 48.3 Å². The van der Waals surface area contributed by atoms with E-state index in [1.165, 1.54) is 24.3 Å². The van der Waals surface area contributed by atoms with Crippen LogP contribution in [0.4, 0.5) is 0 Å². The molecule has 2 aromatic rings. The molecule has 0 aliphatic rings. The van der Waals surface area contributed by atoms with E-state index in [1.54, 1.807) is 12.4 Å². The molecule has 0 saturated carbocycles. The van der Waals surface area contributed by atoms with Gasteiger partial charge in [0.2, 0.25) is 5.78 Å². The number of benzene rings is 1. The van der Waals surface area contributed by atoms with Gasteiger partial charge >= 0.3 is 5.97 Å². The lowest BCUT2D eigenvalue weighted by Crippen LogP contribution is -2.14. The molecule has 6 heteroatoms. The molecule has 0 spiro atoms. The first-order chi connectivity index (χ1) is 8.59. The highest BCUT2D eigenvalue weighted by atomic mass is 16.4. The number of phenolic OH excluding ortho intramolecular Hbond substituents is 1. The van der Waals surface area contributed by atoms with Crippen LogP contribution in [0, 0.1) is 0 Å². The molecule has 0 saturated heterocycles. The lowest BCUT2D eigenvalue weighted by Gasteiger charge is -1.97. The number of rotatable bonds is 3. The number of carboxylic acid groups (broad SMARTS) is 1. The number of carbonyl (C=O) groups is 2. The quantitative estimate of drug-likeness (QED) is 0.703. The monoisotopic (exact) mass is 248 g/mol. The van der Waals surface area contributed by atoms with Crippen molar-refractivity contribution >= 4 is 11.8 Å². The van der Waals surface area contributed by atoms with Crippen molar-refractivity contribution in [2.24, 2.45) is 0 Å². The molecule has 0 fully saturated rings. The first-order valence-electron chi connectivity index (χ1n) is 5.07. The number of carboxylic acids is 1. The predicted octanol–water partition coefficient (Wildman–Crippen LogP) is 0.998. The van der Waals surface area contributed by atoms with Crippen LogP contribution in [0.25, 0.3) is 0 Å². The van der Waals surface area contributed by atoms with Gasteiger partial charge in [0, 0.05) is 18.8 Å². The number of aromatic hydroxyl groups is 1. The molecule has 0 radical (unpaired) electrons. The summed E-state index contributed by atoms with van der Waals surface area (Å²) in [4.78, 5) is 20.9. The van der Waals surface area contributed by atoms with Crippen molar-refractivity contribution < 1.29 is 19.8 Å². The van der Waals surface area contributed by atoms with Crippen LogP contribution in [0.1, 0.15) is 5.56 Å². The Labute approximate surface area is 103 Å². The minimum Gasteiger partial charge on any atom is -0.508 e. The fraction of sp³-hybridized carbons (Fsp3) is 0.0833. The van der Waals surface area contributed by atoms with Crippen LogP contribution >= 0.6 is 0 Å². The molecule has 0 bridgehead atoms. The van der Waals surface area contributed by atoms with E-state index in [0.717, 1.165) is 0 Å². The number of aromatic nitrogens is 2. The third-order valence-electron chi connectivity index (χ3n) is 1.95. The Morgan fingerprint density at radius 2 is 1.89 bits per heavy atom. The van der Waals surface area contributed by atoms with Crippen LogP contribution in [0.15, 0.2) is 42.7 Å². The van der Waals surface area contributed by atoms with E-state index in [9.17, 15) is 9.59 Å². The second-order valence-electron chi connectivity index (χ2n) is 3.34. The Morgan fingerprint density at radius 3 is 2.28 bits per heavy atom. The van der Waals surface area contributed by atoms with Gasteiger partial charge in [0.1, 0.15) is 5.75 Å². The molecule has 3 N–H and O–H groups in total. The van der Waals surface area contributed by atoms with Crippen LogP contribution in [0.2, 0.25) is 0 Å². The maximum Gasteiger partial charge on any atom is 0.372 e. The smallest absolute Gasteiger partial charge is 0.372 e. The average molecular weight is 248 g/mol. The van der Waals surface area contributed by atoms with Gasteiger partial charge in [-0.2, -0.15) is 5.10 Å². The summed E-state index contributed by atoms with van der Waals surface area (Å²) >= 11 is 0. The van der Waals surface area contributed by atoms with Gasteiger partial charge in [-0.1, -0.05) is 12.1 Å². The summed E-state index contributed by atoms with van der Waals surface area (Å²) in [6.45, 7) is 0. The Bertz CT molecular complexity index is 474. The summed E-state index contributed by atoms with van der Waals surface area (Å²) in [5, 5.41) is 23.4. The van der Waals surface area contributed by atoms with Gasteiger partial charge in [-0.15, -0.1) is 0 Å². The molecular weight excluding hydrogens is 236 g/mol. The Kier molecular flexibility index (Phi) is 5.11. The van der Waals surface area contributed by atoms with Crippen molar-refractivity contribution in [1.82, 2.24) is 10.2 Å². The minimum atomic E-state index is -1.44. The molecule has 6 nitrogen and oxygen atoms in total. The van der Waals surface area contributed by atoms with E-state index in [2.05, 4.69) is 10.2 Å². The average Bonchev–Trinajstić information content (AvgIpc) is 2.90. The molecule has 1 aromatic carbocycles. The number of H-pyrrole nitrogens is 1. The highest BCUT2D eigenvalue weighted by molar-refractivity contribution is 6.33. The molecule has 1 aromatic heterocycles. The van der Waals surface area contributed by atoms with Gasteiger partial charge in [-0.05, 0) is 23.8 Å². The van der Waals surface area contributed by atoms with Crippen LogP contribution in [-0.2, 0) is 16.0 Å². The van der Waals surface area contributed by atoms with E-state index in [0.29, 0.717) is 5.56 Å². The SMILES string of the molecule is O=C(O)C(=O)Cc1ccc(O)cc1.c1cn[nH]c1. The molecule has 0 aliphatic heterocycles. The number of aromatic amines is 1. The first kappa shape index (κ1) is 13.4. The van der Waals surface area contributed by atoms with Crippen LogP contribution in [0.5, 0.6) is 5.75 Å². The molecule has 94 valence electrons. The molecule has 0 amide bonds. The maximum absolute atomic E-state index is 10.7. The van der Waals surface area contributed by atoms with Crippen LogP contribution in [-0.4, -0.2) is 32.2 Å². The van der Waals surface area contributed by atoms with E-state index in [4.69, 9.17) is 10.2 Å². The number of Topliss-reactive ketones (excluding diaryl/α,β-unsaturated/α-hetero) is 1.